The first-order valence-corrected chi connectivity index (χ1v) is 46.5. The molecule has 51 nitrogen and oxygen atoms in total. The summed E-state index contributed by atoms with van der Waals surface area (Å²) in [4.78, 5) is 285. The van der Waals surface area contributed by atoms with Crippen molar-refractivity contribution in [1.82, 2.24) is 101 Å². The number of unbranched alkanes of at least 4 members (excludes halogenated alkanes) is 2. The summed E-state index contributed by atoms with van der Waals surface area (Å²) in [6.45, 7) is 9.25. The summed E-state index contributed by atoms with van der Waals surface area (Å²) in [5.41, 5.74) is 17.8. The van der Waals surface area contributed by atoms with Gasteiger partial charge in [-0.25, -0.2) is 4.79 Å². The lowest BCUT2D eigenvalue weighted by molar-refractivity contribution is -0.149. The summed E-state index contributed by atoms with van der Waals surface area (Å²) in [7, 11) is 0. The molecule has 1 saturated heterocycles. The number of aliphatic hydroxyl groups excluding tert-OH is 5. The van der Waals surface area contributed by atoms with E-state index in [1.807, 2.05) is 0 Å². The van der Waals surface area contributed by atoms with Crippen LogP contribution in [-0.4, -0.2) is 350 Å². The van der Waals surface area contributed by atoms with Gasteiger partial charge >= 0.3 is 11.9 Å². The first kappa shape index (κ1) is 121. The summed E-state index contributed by atoms with van der Waals surface area (Å²) >= 11 is 4.25. The van der Waals surface area contributed by atoms with Gasteiger partial charge in [0.05, 0.1) is 58.1 Å². The number of carboxylic acids is 2. The molecule has 3 rings (SSSR count). The van der Waals surface area contributed by atoms with Gasteiger partial charge < -0.3 is 159 Å². The van der Waals surface area contributed by atoms with Crippen molar-refractivity contribution in [3.8, 4) is 5.75 Å². The number of nitrogens with zero attached hydrogens (tertiary/aromatic N) is 1. The highest BCUT2D eigenvalue weighted by Crippen LogP contribution is 2.22. The molecule has 0 spiro atoms. The number of carbonyl (C=O) groups excluding carboxylic acids is 19. The van der Waals surface area contributed by atoms with E-state index in [1.54, 1.807) is 71.9 Å². The van der Waals surface area contributed by atoms with Crippen LogP contribution in [0.1, 0.15) is 151 Å². The van der Waals surface area contributed by atoms with Crippen molar-refractivity contribution in [2.75, 3.05) is 64.8 Å². The number of aromatic hydroxyl groups is 1. The minimum atomic E-state index is -1.96. The Morgan fingerprint density at radius 1 is 0.393 bits per heavy atom. The van der Waals surface area contributed by atoms with Gasteiger partial charge in [0.1, 0.15) is 108 Å². The monoisotopic (exact) mass is 2000 g/mol. The van der Waals surface area contributed by atoms with Crippen LogP contribution in [0.3, 0.4) is 0 Å². The van der Waals surface area contributed by atoms with Crippen molar-refractivity contribution >= 4 is 137 Å². The van der Waals surface area contributed by atoms with E-state index in [2.05, 4.69) is 108 Å². The molecule has 0 aromatic heterocycles. The van der Waals surface area contributed by atoms with Gasteiger partial charge in [0.25, 0.3) is 0 Å². The van der Waals surface area contributed by atoms with Crippen LogP contribution in [0.4, 0.5) is 0 Å². The average molecular weight is 2000 g/mol. The largest absolute Gasteiger partial charge is 0.508 e. The Hall–Kier alpha value is -12.9. The standard InChI is InChI=1S/C88H140N22O29S/c1-43(2)31-56(100-73(123)47(8)95-72(122)46(7)96-85(135)70(48(9)114)107-67(119)37-92-65(117)36-93-76(126)61(40-112)106-86(136)71(49(10)115)109-82(132)62(41-113)105-78(128)54(21-14-16-28-89)98-74(124)53(91)39-111)75(125)94-38-66(118)97-63(42-140)83(133)101-57(32-44(3)4)81(131)108-69(45(5)6)84(134)99-55(22-15-17-29-90)77(127)103-59(35-68(120)121)80(130)102-58(33-51-24-26-52(116)27-25-51)79(129)104-60(34-50-19-12-11-13-20-50)87(137)110-30-18-23-64(110)88(138)139/h11-13,19-20,24-27,43-49,53-64,69-71,111-116,140H,14-18,21-23,28-42,89-91H2,1-10H3,(H,92,117)(H,93,126)(H,94,125)(H,95,122)(H,96,135)(H,97,118)(H,98,124)(H,99,134)(H,100,123)(H,101,133)(H,102,130)(H,103,127)(H,104,129)(H,105,128)(H,106,136)(H,107,119)(H,108,131)(H,109,132)(H,120,121)(H,138,139)/t46-,47-,48+,49+,53-,54-,55-,56-,57-,58-,59-,60-,61-,62-,63-,64-,69-,70-,71-/m0/s1. The van der Waals surface area contributed by atoms with E-state index in [1.165, 1.54) is 38.1 Å². The number of likely N-dealkylation sites (tertiary alicyclic amines) is 1. The minimum Gasteiger partial charge on any atom is -0.508 e. The highest BCUT2D eigenvalue weighted by Gasteiger charge is 2.42. The zero-order chi connectivity index (χ0) is 105. The molecule has 140 heavy (non-hydrogen) atoms. The number of thiol groups is 1. The fourth-order valence-corrected chi connectivity index (χ4v) is 14.2. The Labute approximate surface area is 814 Å². The zero-order valence-electron chi connectivity index (χ0n) is 79.9. The molecule has 1 fully saturated rings. The molecule has 782 valence electrons. The van der Waals surface area contributed by atoms with Gasteiger partial charge in [-0.15, -0.1) is 0 Å². The lowest BCUT2D eigenvalue weighted by Gasteiger charge is -2.30. The molecule has 0 unspecified atom stereocenters. The molecule has 0 bridgehead atoms. The Kier molecular flexibility index (Phi) is 53.9. The third kappa shape index (κ3) is 42.9. The Balaban J connectivity index is 1.65. The average Bonchev–Trinajstić information content (AvgIpc) is 1.64. The molecule has 19 atom stereocenters. The number of rotatable bonds is 63. The molecule has 1 aliphatic heterocycles. The van der Waals surface area contributed by atoms with Crippen molar-refractivity contribution in [3.05, 3.63) is 65.7 Å². The van der Waals surface area contributed by atoms with E-state index in [0.717, 1.165) is 18.7 Å². The number of nitrogens with one attached hydrogen (secondary N) is 18. The number of phenols is 1. The smallest absolute Gasteiger partial charge is 0.326 e. The van der Waals surface area contributed by atoms with E-state index in [-0.39, 0.29) is 94.3 Å². The third-order valence-corrected chi connectivity index (χ3v) is 22.1. The highest BCUT2D eigenvalue weighted by molar-refractivity contribution is 7.80. The van der Waals surface area contributed by atoms with Crippen LogP contribution in [0.5, 0.6) is 5.75 Å². The van der Waals surface area contributed by atoms with Crippen molar-refractivity contribution in [1.29, 1.82) is 0 Å². The van der Waals surface area contributed by atoms with Gasteiger partial charge in [-0.1, -0.05) is 84.0 Å². The quantitative estimate of drug-likeness (QED) is 0.0216. The van der Waals surface area contributed by atoms with Crippen LogP contribution < -0.4 is 113 Å². The Morgan fingerprint density at radius 2 is 0.779 bits per heavy atom. The maximum absolute atomic E-state index is 14.6. The molecule has 1 aliphatic rings. The molecule has 2 aromatic carbocycles. The number of aliphatic hydroxyl groups is 5. The van der Waals surface area contributed by atoms with Gasteiger partial charge in [-0.05, 0) is 146 Å². The number of nitrogens with two attached hydrogens (primary N) is 3. The first-order valence-electron chi connectivity index (χ1n) is 45.8. The number of hydrogen-bond acceptors (Lipinski definition) is 31. The lowest BCUT2D eigenvalue weighted by atomic mass is 9.99. The minimum absolute atomic E-state index is 0.0163. The molecular weight excluding hydrogens is 1860 g/mol. The second-order valence-corrected chi connectivity index (χ2v) is 35.3. The predicted octanol–water partition coefficient (Wildman–Crippen LogP) is -10.6. The number of carboxylic acid groups (broad SMARTS) is 2. The highest BCUT2D eigenvalue weighted by atomic mass is 32.1. The SMILES string of the molecule is CC(C)C[C@H](NC(=O)[C@H](C)NC(=O)[C@H](C)NC(=O)[C@@H](NC(=O)CNC(=O)CNC(=O)[C@H](CO)NC(=O)[C@@H](NC(=O)[C@H](CO)NC(=O)[C@H](CCCCN)NC(=O)[C@@H](N)CO)[C@@H](C)O)[C@@H](C)O)C(=O)NCC(=O)N[C@@H](CS)C(=O)N[C@@H](CC(C)C)C(=O)N[C@H](C(=O)N[C@@H](CCCCN)C(=O)N[C@@H](CC(=O)O)C(=O)N[C@@H](Cc1ccc(O)cc1)C(=O)N[C@@H](Cc1ccccc1)C(=O)N1CCC[C@H]1C(=O)O)C(C)C. The fourth-order valence-electron chi connectivity index (χ4n) is 14.0. The van der Waals surface area contributed by atoms with Gasteiger partial charge in [0.15, 0.2) is 0 Å². The van der Waals surface area contributed by atoms with E-state index in [4.69, 9.17) is 17.2 Å². The number of aliphatic carboxylic acids is 2. The van der Waals surface area contributed by atoms with E-state index >= 15 is 0 Å². The first-order chi connectivity index (χ1) is 65.9. The van der Waals surface area contributed by atoms with Crippen LogP contribution >= 0.6 is 12.6 Å². The molecule has 1 heterocycles. The summed E-state index contributed by atoms with van der Waals surface area (Å²) in [5.74, 6) is -24.4. The van der Waals surface area contributed by atoms with Gasteiger partial charge in [0, 0.05) is 25.1 Å². The number of amides is 19. The van der Waals surface area contributed by atoms with E-state index in [0.29, 0.717) is 36.8 Å². The molecule has 2 aromatic rings. The van der Waals surface area contributed by atoms with Crippen LogP contribution in [0, 0.1) is 17.8 Å². The van der Waals surface area contributed by atoms with Crippen molar-refractivity contribution in [2.24, 2.45) is 35.0 Å². The van der Waals surface area contributed by atoms with E-state index in [9.17, 15) is 142 Å². The third-order valence-electron chi connectivity index (χ3n) is 21.8. The molecule has 19 amide bonds. The molecular formula is C88H140N22O29S. The van der Waals surface area contributed by atoms with Crippen LogP contribution in [0.2, 0.25) is 0 Å². The maximum atomic E-state index is 14.6. The maximum Gasteiger partial charge on any atom is 0.326 e. The summed E-state index contributed by atoms with van der Waals surface area (Å²) in [5, 5.41) is 123. The van der Waals surface area contributed by atoms with Crippen LogP contribution in [0.15, 0.2) is 54.6 Å². The molecule has 32 N–H and O–H groups in total. The van der Waals surface area contributed by atoms with Crippen LogP contribution in [0.25, 0.3) is 0 Å². The summed E-state index contributed by atoms with van der Waals surface area (Å²) in [6, 6.07) is -12.6. The van der Waals surface area contributed by atoms with Crippen molar-refractivity contribution in [3.63, 3.8) is 0 Å². The fraction of sp³-hybridized carbons (Fsp3) is 0.625. The zero-order valence-corrected chi connectivity index (χ0v) is 80.8. The second-order valence-electron chi connectivity index (χ2n) is 34.9. The number of carbonyl (C=O) groups is 21. The van der Waals surface area contributed by atoms with Gasteiger partial charge in [-0.3, -0.25) is 95.9 Å². The predicted molar refractivity (Wildman–Crippen MR) is 502 cm³/mol. The Morgan fingerprint density at radius 3 is 1.29 bits per heavy atom. The second kappa shape index (κ2) is 62.2. The Bertz CT molecular complexity index is 4520. The molecule has 0 aliphatic carbocycles. The number of hydrogen-bond donors (Lipinski definition) is 30. The van der Waals surface area contributed by atoms with Gasteiger partial charge in [-0.2, -0.15) is 12.6 Å². The number of benzene rings is 2. The van der Waals surface area contributed by atoms with Crippen molar-refractivity contribution < 1.29 is 142 Å². The van der Waals surface area contributed by atoms with Gasteiger partial charge in [0.2, 0.25) is 112 Å². The van der Waals surface area contributed by atoms with Crippen LogP contribution in [-0.2, 0) is 114 Å². The number of phenolic OH excluding ortho intramolecular Hbond substituents is 1. The topological polar surface area (TPSA) is 818 Å². The molecule has 52 heteroatoms. The van der Waals surface area contributed by atoms with Crippen molar-refractivity contribution in [2.45, 2.75) is 268 Å². The molecule has 0 radical (unpaired) electrons. The summed E-state index contributed by atoms with van der Waals surface area (Å²) < 4.78 is 0. The summed E-state index contributed by atoms with van der Waals surface area (Å²) in [6.07, 6.45) is -3.51. The lowest BCUT2D eigenvalue weighted by Crippen LogP contribution is -2.62. The van der Waals surface area contributed by atoms with E-state index < -0.39 is 291 Å². The molecule has 0 saturated carbocycles. The normalized spacial score (nSPS) is 16.2.